The molecule has 5 heteroatoms. The Balaban J connectivity index is 2.07. The fraction of sp³-hybridized carbons (Fsp3) is 0.600. The van der Waals surface area contributed by atoms with Crippen LogP contribution in [0.4, 0.5) is 0 Å². The van der Waals surface area contributed by atoms with Gasteiger partial charge in [0.1, 0.15) is 12.2 Å². The zero-order valence-corrected chi connectivity index (χ0v) is 11.6. The van der Waals surface area contributed by atoms with Gasteiger partial charge in [0.15, 0.2) is 0 Å². The van der Waals surface area contributed by atoms with E-state index in [1.54, 1.807) is 0 Å². The van der Waals surface area contributed by atoms with Crippen molar-refractivity contribution in [3.8, 4) is 0 Å². The Hall–Kier alpha value is -0.980. The second-order valence-corrected chi connectivity index (χ2v) is 5.56. The van der Waals surface area contributed by atoms with Gasteiger partial charge in [-0.25, -0.2) is 0 Å². The minimum Gasteiger partial charge on any atom is -0.395 e. The Kier molecular flexibility index (Phi) is 5.12. The van der Waals surface area contributed by atoms with E-state index < -0.39 is 24.4 Å². The summed E-state index contributed by atoms with van der Waals surface area (Å²) in [4.78, 5) is 1.85. The lowest BCUT2D eigenvalue weighted by molar-refractivity contribution is -0.145. The van der Waals surface area contributed by atoms with E-state index in [0.29, 0.717) is 6.54 Å². The molecule has 0 amide bonds. The van der Waals surface area contributed by atoms with Gasteiger partial charge in [0.05, 0.1) is 18.8 Å². The Morgan fingerprint density at radius 3 is 2.40 bits per heavy atom. The number of aliphatic hydroxyl groups excluding tert-OH is 4. The molecule has 1 saturated heterocycles. The Bertz CT molecular complexity index is 414. The summed E-state index contributed by atoms with van der Waals surface area (Å²) in [5, 5.41) is 38.8. The average molecular weight is 281 g/mol. The quantitative estimate of drug-likeness (QED) is 0.601. The molecule has 1 aliphatic heterocycles. The van der Waals surface area contributed by atoms with E-state index >= 15 is 0 Å². The number of benzene rings is 1. The van der Waals surface area contributed by atoms with Gasteiger partial charge in [-0.3, -0.25) is 4.90 Å². The van der Waals surface area contributed by atoms with Crippen LogP contribution >= 0.6 is 0 Å². The molecule has 0 radical (unpaired) electrons. The van der Waals surface area contributed by atoms with E-state index in [2.05, 4.69) is 6.92 Å². The maximum absolute atomic E-state index is 9.95. The third-order valence-electron chi connectivity index (χ3n) is 4.09. The first-order chi connectivity index (χ1) is 9.54. The van der Waals surface area contributed by atoms with Crippen LogP contribution in [0.3, 0.4) is 0 Å². The monoisotopic (exact) mass is 281 g/mol. The summed E-state index contributed by atoms with van der Waals surface area (Å²) in [6.45, 7) is 2.68. The minimum absolute atomic E-state index is 0.208. The molecule has 0 aliphatic carbocycles. The molecule has 20 heavy (non-hydrogen) atoms. The molecule has 0 bridgehead atoms. The van der Waals surface area contributed by atoms with Gasteiger partial charge >= 0.3 is 0 Å². The van der Waals surface area contributed by atoms with E-state index in [4.69, 9.17) is 0 Å². The highest BCUT2D eigenvalue weighted by Crippen LogP contribution is 2.23. The van der Waals surface area contributed by atoms with Crippen LogP contribution in [0, 0.1) is 0 Å². The Morgan fingerprint density at radius 1 is 1.15 bits per heavy atom. The van der Waals surface area contributed by atoms with Gasteiger partial charge in [-0.15, -0.1) is 0 Å². The SMILES string of the molecule is C[C@@H](CN1C[C@H](O)[C@@H](O)[C@H](O)[C@H]1CO)c1ccccc1. The van der Waals surface area contributed by atoms with Gasteiger partial charge in [0.25, 0.3) is 0 Å². The number of likely N-dealkylation sites (tertiary alicyclic amines) is 1. The topological polar surface area (TPSA) is 84.2 Å². The molecule has 0 saturated carbocycles. The molecule has 1 aromatic carbocycles. The second-order valence-electron chi connectivity index (χ2n) is 5.56. The Labute approximate surface area is 119 Å². The molecule has 5 nitrogen and oxygen atoms in total. The van der Waals surface area contributed by atoms with Crippen LogP contribution in [0.25, 0.3) is 0 Å². The first-order valence-corrected chi connectivity index (χ1v) is 6.98. The first kappa shape index (κ1) is 15.4. The molecular weight excluding hydrogens is 258 g/mol. The normalized spacial score (nSPS) is 33.0. The van der Waals surface area contributed by atoms with Crippen molar-refractivity contribution >= 4 is 0 Å². The van der Waals surface area contributed by atoms with Crippen LogP contribution in [0.15, 0.2) is 30.3 Å². The van der Waals surface area contributed by atoms with Crippen LogP contribution < -0.4 is 0 Å². The van der Waals surface area contributed by atoms with E-state index in [1.807, 2.05) is 35.2 Å². The van der Waals surface area contributed by atoms with Crippen molar-refractivity contribution in [2.45, 2.75) is 37.2 Å². The molecule has 4 N–H and O–H groups in total. The zero-order chi connectivity index (χ0) is 14.7. The van der Waals surface area contributed by atoms with Gasteiger partial charge in [0, 0.05) is 13.1 Å². The molecule has 0 spiro atoms. The summed E-state index contributed by atoms with van der Waals surface area (Å²) in [5.41, 5.74) is 1.17. The molecule has 1 aliphatic rings. The maximum Gasteiger partial charge on any atom is 0.109 e. The highest BCUT2D eigenvalue weighted by Gasteiger charge is 2.41. The highest BCUT2D eigenvalue weighted by molar-refractivity contribution is 5.19. The van der Waals surface area contributed by atoms with E-state index in [1.165, 1.54) is 5.56 Å². The highest BCUT2D eigenvalue weighted by atomic mass is 16.4. The summed E-state index contributed by atoms with van der Waals surface area (Å²) < 4.78 is 0. The fourth-order valence-corrected chi connectivity index (χ4v) is 2.83. The number of piperidine rings is 1. The van der Waals surface area contributed by atoms with Gasteiger partial charge in [0.2, 0.25) is 0 Å². The summed E-state index contributed by atoms with van der Waals surface area (Å²) in [5.74, 6) is 0.208. The average Bonchev–Trinajstić information content (AvgIpc) is 2.46. The summed E-state index contributed by atoms with van der Waals surface area (Å²) in [7, 11) is 0. The largest absolute Gasteiger partial charge is 0.395 e. The van der Waals surface area contributed by atoms with Crippen LogP contribution in [0.1, 0.15) is 18.4 Å². The Morgan fingerprint density at radius 2 is 1.80 bits per heavy atom. The molecule has 112 valence electrons. The molecule has 1 fully saturated rings. The maximum atomic E-state index is 9.95. The zero-order valence-electron chi connectivity index (χ0n) is 11.6. The predicted molar refractivity (Wildman–Crippen MR) is 75.3 cm³/mol. The third kappa shape index (κ3) is 3.19. The lowest BCUT2D eigenvalue weighted by atomic mass is 9.92. The van der Waals surface area contributed by atoms with Crippen molar-refractivity contribution in [3.05, 3.63) is 35.9 Å². The van der Waals surface area contributed by atoms with E-state index in [-0.39, 0.29) is 19.1 Å². The van der Waals surface area contributed by atoms with Crippen LogP contribution in [-0.2, 0) is 0 Å². The van der Waals surface area contributed by atoms with Crippen LogP contribution in [-0.4, -0.2) is 69.4 Å². The van der Waals surface area contributed by atoms with Gasteiger partial charge < -0.3 is 20.4 Å². The third-order valence-corrected chi connectivity index (χ3v) is 4.09. The summed E-state index contributed by atoms with van der Waals surface area (Å²) in [6, 6.07) is 9.42. The minimum atomic E-state index is -1.20. The number of hydrogen-bond donors (Lipinski definition) is 4. The second kappa shape index (κ2) is 6.65. The molecule has 5 atom stereocenters. The number of hydrogen-bond acceptors (Lipinski definition) is 5. The van der Waals surface area contributed by atoms with Crippen molar-refractivity contribution < 1.29 is 20.4 Å². The van der Waals surface area contributed by atoms with Crippen molar-refractivity contribution in [2.24, 2.45) is 0 Å². The lowest BCUT2D eigenvalue weighted by Crippen LogP contribution is -2.62. The molecule has 2 rings (SSSR count). The predicted octanol–water partition coefficient (Wildman–Crippen LogP) is -0.451. The fourth-order valence-electron chi connectivity index (χ4n) is 2.83. The molecule has 0 aromatic heterocycles. The lowest BCUT2D eigenvalue weighted by Gasteiger charge is -2.44. The number of nitrogens with zero attached hydrogens (tertiary/aromatic N) is 1. The number of aliphatic hydroxyl groups is 4. The van der Waals surface area contributed by atoms with Crippen molar-refractivity contribution in [2.75, 3.05) is 19.7 Å². The van der Waals surface area contributed by atoms with Crippen molar-refractivity contribution in [1.82, 2.24) is 4.90 Å². The van der Waals surface area contributed by atoms with Crippen molar-refractivity contribution in [1.29, 1.82) is 0 Å². The molecular formula is C15H23NO4. The molecule has 1 heterocycles. The van der Waals surface area contributed by atoms with Crippen molar-refractivity contribution in [3.63, 3.8) is 0 Å². The van der Waals surface area contributed by atoms with Gasteiger partial charge in [-0.2, -0.15) is 0 Å². The smallest absolute Gasteiger partial charge is 0.109 e. The van der Waals surface area contributed by atoms with Gasteiger partial charge in [-0.1, -0.05) is 37.3 Å². The summed E-state index contributed by atoms with van der Waals surface area (Å²) >= 11 is 0. The van der Waals surface area contributed by atoms with Gasteiger partial charge in [-0.05, 0) is 11.5 Å². The summed E-state index contributed by atoms with van der Waals surface area (Å²) in [6.07, 6.45) is -3.32. The van der Waals surface area contributed by atoms with E-state index in [0.717, 1.165) is 0 Å². The molecule has 0 unspecified atom stereocenters. The first-order valence-electron chi connectivity index (χ1n) is 6.98. The molecule has 1 aromatic rings. The van der Waals surface area contributed by atoms with E-state index in [9.17, 15) is 20.4 Å². The van der Waals surface area contributed by atoms with Crippen LogP contribution in [0.5, 0.6) is 0 Å². The number of β-amino-alcohol motifs (C(OH)–C–C–N with tert-alkyl or cyclic N) is 1. The number of rotatable bonds is 4. The standard InChI is InChI=1S/C15H23NO4/c1-10(11-5-3-2-4-6-11)7-16-8-13(18)15(20)14(19)12(16)9-17/h2-6,10,12-15,17-20H,7-9H2,1H3/t10-,12+,13-,14+,15+/m0/s1. The van der Waals surface area contributed by atoms with Crippen LogP contribution in [0.2, 0.25) is 0 Å².